The zero-order chi connectivity index (χ0) is 16.3. The molecule has 0 unspecified atom stereocenters. The Morgan fingerprint density at radius 2 is 1.91 bits per heavy atom. The summed E-state index contributed by atoms with van der Waals surface area (Å²) in [7, 11) is 3.51. The molecule has 0 radical (unpaired) electrons. The lowest BCUT2D eigenvalue weighted by atomic mass is 10.3. The summed E-state index contributed by atoms with van der Waals surface area (Å²) >= 11 is 5.71. The molecule has 2 heterocycles. The molecule has 3 rings (SSSR count). The summed E-state index contributed by atoms with van der Waals surface area (Å²) in [6.45, 7) is 0. The van der Waals surface area contributed by atoms with E-state index in [9.17, 15) is 8.42 Å². The van der Waals surface area contributed by atoms with Crippen LogP contribution in [0.3, 0.4) is 0 Å². The van der Waals surface area contributed by atoms with E-state index in [2.05, 4.69) is 55.8 Å². The molecule has 0 saturated carbocycles. The predicted octanol–water partition coefficient (Wildman–Crippen LogP) is 4.55. The molecule has 0 atom stereocenters. The summed E-state index contributed by atoms with van der Waals surface area (Å²) in [6.07, 6.45) is 3.89. The van der Waals surface area contributed by atoms with Gasteiger partial charge in [-0.05, 0) is 56.7 Å². The highest BCUT2D eigenvalue weighted by Crippen LogP contribution is 2.23. The van der Waals surface area contributed by atoms with E-state index < -0.39 is 9.05 Å². The van der Waals surface area contributed by atoms with Crippen molar-refractivity contribution >= 4 is 69.3 Å². The summed E-state index contributed by atoms with van der Waals surface area (Å²) in [4.78, 5) is 4.45. The number of rotatable bonds is 1. The highest BCUT2D eigenvalue weighted by Gasteiger charge is 2.06. The first-order valence-electron chi connectivity index (χ1n) is 6.05. The van der Waals surface area contributed by atoms with E-state index in [4.69, 9.17) is 10.7 Å². The van der Waals surface area contributed by atoms with Crippen LogP contribution in [0.4, 0.5) is 0 Å². The maximum absolute atomic E-state index is 10.6. The number of aryl methyl sites for hydroxylation is 1. The fourth-order valence-electron chi connectivity index (χ4n) is 1.77. The molecule has 0 amide bonds. The number of hydrogen-bond donors (Lipinski definition) is 0. The Hall–Kier alpha value is -0.640. The summed E-state index contributed by atoms with van der Waals surface area (Å²) in [6, 6.07) is 9.95. The number of aromatic nitrogens is 2. The highest BCUT2D eigenvalue weighted by molar-refractivity contribution is 14.1. The Bertz CT molecular complexity index is 898. The van der Waals surface area contributed by atoms with Crippen LogP contribution >= 0.6 is 49.2 Å². The van der Waals surface area contributed by atoms with Crippen LogP contribution in [0, 0.1) is 3.57 Å². The Morgan fingerprint density at radius 3 is 2.45 bits per heavy atom. The minimum absolute atomic E-state index is 0.136. The molecule has 22 heavy (non-hydrogen) atoms. The topological polar surface area (TPSA) is 52.0 Å². The van der Waals surface area contributed by atoms with Crippen molar-refractivity contribution in [1.82, 2.24) is 9.55 Å². The molecule has 0 aliphatic rings. The van der Waals surface area contributed by atoms with E-state index in [1.165, 1.54) is 21.1 Å². The second-order valence-corrected chi connectivity index (χ2v) is 9.01. The van der Waals surface area contributed by atoms with Crippen molar-refractivity contribution in [1.29, 1.82) is 0 Å². The first-order valence-corrected chi connectivity index (χ1v) is 10.2. The molecule has 3 aromatic rings. The largest absolute Gasteiger partial charge is 0.334 e. The Balaban J connectivity index is 0.000000164. The average Bonchev–Trinajstić information content (AvgIpc) is 2.74. The lowest BCUT2D eigenvalue weighted by Crippen LogP contribution is -1.87. The van der Waals surface area contributed by atoms with Gasteiger partial charge in [0.05, 0.1) is 4.90 Å². The van der Waals surface area contributed by atoms with Gasteiger partial charge in [-0.2, -0.15) is 0 Å². The highest BCUT2D eigenvalue weighted by atomic mass is 127. The van der Waals surface area contributed by atoms with Crippen LogP contribution in [0.2, 0.25) is 0 Å². The van der Waals surface area contributed by atoms with Gasteiger partial charge in [0.15, 0.2) is 0 Å². The molecule has 0 aliphatic carbocycles. The second-order valence-electron chi connectivity index (χ2n) is 4.36. The third kappa shape index (κ3) is 4.43. The zero-order valence-electron chi connectivity index (χ0n) is 11.4. The van der Waals surface area contributed by atoms with E-state index in [-0.39, 0.29) is 4.90 Å². The molecule has 0 spiro atoms. The van der Waals surface area contributed by atoms with Gasteiger partial charge < -0.3 is 4.57 Å². The molecule has 0 aliphatic heterocycles. The molecule has 0 N–H and O–H groups in total. The van der Waals surface area contributed by atoms with Crippen molar-refractivity contribution in [3.05, 3.63) is 56.8 Å². The van der Waals surface area contributed by atoms with Crippen LogP contribution < -0.4 is 0 Å². The van der Waals surface area contributed by atoms with Crippen LogP contribution in [0.15, 0.2) is 58.2 Å². The van der Waals surface area contributed by atoms with Gasteiger partial charge in [0.25, 0.3) is 9.05 Å². The zero-order valence-corrected chi connectivity index (χ0v) is 16.7. The number of halogens is 3. The summed E-state index contributed by atoms with van der Waals surface area (Å²) in [5.74, 6) is 0. The predicted molar refractivity (Wildman–Crippen MR) is 101 cm³/mol. The standard InChI is InChI=1S/C8H6BrIN2.C6H5ClO2S/c1-12-4-7(10)6-2-5(9)3-11-8(6)12;7-10(8,9)6-4-2-1-3-5-6/h2-4H,1H3;1-5H. The van der Waals surface area contributed by atoms with Gasteiger partial charge in [-0.1, -0.05) is 18.2 Å². The normalized spacial score (nSPS) is 11.1. The van der Waals surface area contributed by atoms with Crippen molar-refractivity contribution in [3.63, 3.8) is 0 Å². The maximum Gasteiger partial charge on any atom is 0.261 e. The number of hydrogen-bond acceptors (Lipinski definition) is 3. The molecular formula is C14H11BrClIN2O2S. The number of pyridine rings is 1. The lowest BCUT2D eigenvalue weighted by molar-refractivity contribution is 0.609. The Kier molecular flexibility index (Phi) is 5.87. The van der Waals surface area contributed by atoms with Gasteiger partial charge in [0, 0.05) is 43.6 Å². The van der Waals surface area contributed by atoms with Crippen molar-refractivity contribution in [2.75, 3.05) is 0 Å². The van der Waals surface area contributed by atoms with Crippen molar-refractivity contribution in [2.45, 2.75) is 4.90 Å². The number of fused-ring (bicyclic) bond motifs is 1. The Labute approximate surface area is 155 Å². The SMILES string of the molecule is Cn1cc(I)c2cc(Br)cnc21.O=S(=O)(Cl)c1ccccc1. The van der Waals surface area contributed by atoms with E-state index in [1.54, 1.807) is 18.2 Å². The van der Waals surface area contributed by atoms with Crippen LogP contribution in [0.1, 0.15) is 0 Å². The van der Waals surface area contributed by atoms with Gasteiger partial charge in [-0.15, -0.1) is 0 Å². The first kappa shape index (κ1) is 17.7. The molecule has 8 heteroatoms. The second kappa shape index (κ2) is 7.29. The summed E-state index contributed by atoms with van der Waals surface area (Å²) in [5, 5.41) is 1.20. The molecule has 0 fully saturated rings. The van der Waals surface area contributed by atoms with E-state index in [0.717, 1.165) is 10.1 Å². The molecule has 0 saturated heterocycles. The molecule has 2 aromatic heterocycles. The van der Waals surface area contributed by atoms with Gasteiger partial charge in [0.1, 0.15) is 5.65 Å². The van der Waals surface area contributed by atoms with E-state index in [1.807, 2.05) is 17.8 Å². The Morgan fingerprint density at radius 1 is 1.27 bits per heavy atom. The fourth-order valence-corrected chi connectivity index (χ4v) is 3.71. The molecule has 4 nitrogen and oxygen atoms in total. The maximum atomic E-state index is 10.6. The molecule has 1 aromatic carbocycles. The van der Waals surface area contributed by atoms with Crippen molar-refractivity contribution in [2.24, 2.45) is 7.05 Å². The van der Waals surface area contributed by atoms with Crippen LogP contribution in [0.5, 0.6) is 0 Å². The molecule has 116 valence electrons. The quantitative estimate of drug-likeness (QED) is 0.354. The van der Waals surface area contributed by atoms with Gasteiger partial charge >= 0.3 is 0 Å². The van der Waals surface area contributed by atoms with Crippen molar-refractivity contribution < 1.29 is 8.42 Å². The van der Waals surface area contributed by atoms with Crippen LogP contribution in [0.25, 0.3) is 11.0 Å². The monoisotopic (exact) mass is 512 g/mol. The first-order chi connectivity index (χ1) is 10.3. The fraction of sp³-hybridized carbons (Fsp3) is 0.0714. The minimum atomic E-state index is -3.53. The van der Waals surface area contributed by atoms with Crippen LogP contribution in [-0.2, 0) is 16.1 Å². The lowest BCUT2D eigenvalue weighted by Gasteiger charge is -1.94. The summed E-state index contributed by atoms with van der Waals surface area (Å²) in [5.41, 5.74) is 1.03. The van der Waals surface area contributed by atoms with Crippen LogP contribution in [-0.4, -0.2) is 18.0 Å². The van der Waals surface area contributed by atoms with Gasteiger partial charge in [-0.3, -0.25) is 0 Å². The summed E-state index contributed by atoms with van der Waals surface area (Å²) < 4.78 is 25.5. The smallest absolute Gasteiger partial charge is 0.261 e. The van der Waals surface area contributed by atoms with E-state index >= 15 is 0 Å². The molecular weight excluding hydrogens is 502 g/mol. The average molecular weight is 514 g/mol. The van der Waals surface area contributed by atoms with E-state index in [0.29, 0.717) is 0 Å². The number of benzene rings is 1. The van der Waals surface area contributed by atoms with Crippen molar-refractivity contribution in [3.8, 4) is 0 Å². The third-order valence-electron chi connectivity index (χ3n) is 2.76. The van der Waals surface area contributed by atoms with Gasteiger partial charge in [-0.25, -0.2) is 13.4 Å². The minimum Gasteiger partial charge on any atom is -0.334 e. The molecule has 0 bridgehead atoms. The third-order valence-corrected chi connectivity index (χ3v) is 5.42. The number of nitrogens with zero attached hydrogens (tertiary/aromatic N) is 2. The van der Waals surface area contributed by atoms with Gasteiger partial charge in [0.2, 0.25) is 0 Å².